The standard InChI is InChI=1S/C16H10Cl2N2S2/c17-11-5-1-9(2-6-11)13-15(21)14(20-16(22)19-13)10-3-7-12(18)8-4-10/h1-8,13H,(H,19,22). The molecule has 1 aliphatic heterocycles. The Labute approximate surface area is 149 Å². The van der Waals surface area contributed by atoms with Crippen molar-refractivity contribution in [1.82, 2.24) is 5.32 Å². The molecule has 3 rings (SSSR count). The Bertz CT molecular complexity index is 768. The molecule has 0 bridgehead atoms. The summed E-state index contributed by atoms with van der Waals surface area (Å²) in [5.74, 6) is 0. The number of benzene rings is 2. The van der Waals surface area contributed by atoms with Crippen LogP contribution < -0.4 is 5.32 Å². The largest absolute Gasteiger partial charge is 0.349 e. The fraction of sp³-hybridized carbons (Fsp3) is 0.0625. The number of aliphatic imine (C=N–C) groups is 1. The van der Waals surface area contributed by atoms with Crippen LogP contribution in [0.4, 0.5) is 0 Å². The van der Waals surface area contributed by atoms with Gasteiger partial charge in [-0.2, -0.15) is 0 Å². The molecule has 0 fully saturated rings. The normalized spacial score (nSPS) is 17.9. The fourth-order valence-electron chi connectivity index (χ4n) is 2.22. The third kappa shape index (κ3) is 3.20. The van der Waals surface area contributed by atoms with Gasteiger partial charge in [0.1, 0.15) is 0 Å². The van der Waals surface area contributed by atoms with Crippen LogP contribution in [-0.4, -0.2) is 15.7 Å². The molecule has 1 unspecified atom stereocenters. The molecule has 0 amide bonds. The Balaban J connectivity index is 1.98. The lowest BCUT2D eigenvalue weighted by molar-refractivity contribution is 0.845. The second-order valence-electron chi connectivity index (χ2n) is 4.77. The van der Waals surface area contributed by atoms with Crippen LogP contribution in [0.2, 0.25) is 10.0 Å². The van der Waals surface area contributed by atoms with Crippen LogP contribution in [0.5, 0.6) is 0 Å². The summed E-state index contributed by atoms with van der Waals surface area (Å²) < 4.78 is 0. The van der Waals surface area contributed by atoms with Crippen LogP contribution in [0.15, 0.2) is 53.5 Å². The maximum absolute atomic E-state index is 5.94. The van der Waals surface area contributed by atoms with Gasteiger partial charge < -0.3 is 5.32 Å². The smallest absolute Gasteiger partial charge is 0.194 e. The van der Waals surface area contributed by atoms with Crippen molar-refractivity contribution in [3.05, 3.63) is 69.7 Å². The third-order valence-corrected chi connectivity index (χ3v) is 4.44. The molecule has 2 aromatic rings. The summed E-state index contributed by atoms with van der Waals surface area (Å²) >= 11 is 22.7. The third-order valence-electron chi connectivity index (χ3n) is 3.30. The number of thiocarbonyl (C=S) groups is 2. The van der Waals surface area contributed by atoms with Crippen molar-refractivity contribution in [2.24, 2.45) is 4.99 Å². The van der Waals surface area contributed by atoms with Gasteiger partial charge >= 0.3 is 0 Å². The van der Waals surface area contributed by atoms with Gasteiger partial charge in [-0.05, 0) is 42.0 Å². The van der Waals surface area contributed by atoms with E-state index in [1.165, 1.54) is 0 Å². The molecule has 1 atom stereocenters. The van der Waals surface area contributed by atoms with E-state index in [0.717, 1.165) is 11.1 Å². The predicted octanol–water partition coefficient (Wildman–Crippen LogP) is 4.78. The molecule has 6 heteroatoms. The first-order chi connectivity index (χ1) is 10.5. The number of nitrogens with zero attached hydrogens (tertiary/aromatic N) is 1. The minimum absolute atomic E-state index is 0.192. The first-order valence-electron chi connectivity index (χ1n) is 6.49. The lowest BCUT2D eigenvalue weighted by Crippen LogP contribution is -2.40. The van der Waals surface area contributed by atoms with Crippen LogP contribution in [0.3, 0.4) is 0 Å². The summed E-state index contributed by atoms with van der Waals surface area (Å²) in [6.07, 6.45) is 0. The molecule has 1 N–H and O–H groups in total. The van der Waals surface area contributed by atoms with Gasteiger partial charge in [-0.1, -0.05) is 59.7 Å². The van der Waals surface area contributed by atoms with Crippen molar-refractivity contribution < 1.29 is 0 Å². The first kappa shape index (κ1) is 15.6. The fourth-order valence-corrected chi connectivity index (χ4v) is 3.04. The van der Waals surface area contributed by atoms with Crippen LogP contribution in [0.1, 0.15) is 17.2 Å². The topological polar surface area (TPSA) is 24.4 Å². The molecule has 110 valence electrons. The van der Waals surface area contributed by atoms with E-state index in [0.29, 0.717) is 25.7 Å². The number of nitrogens with one attached hydrogen (secondary N) is 1. The zero-order valence-electron chi connectivity index (χ0n) is 11.2. The summed E-state index contributed by atoms with van der Waals surface area (Å²) in [6, 6.07) is 14.7. The van der Waals surface area contributed by atoms with Gasteiger partial charge in [0, 0.05) is 15.6 Å². The molecule has 2 aromatic carbocycles. The van der Waals surface area contributed by atoms with E-state index in [1.54, 1.807) is 0 Å². The van der Waals surface area contributed by atoms with Crippen molar-refractivity contribution in [2.75, 3.05) is 0 Å². The highest BCUT2D eigenvalue weighted by molar-refractivity contribution is 7.82. The molecule has 0 saturated carbocycles. The zero-order valence-corrected chi connectivity index (χ0v) is 14.4. The number of hydrogen-bond donors (Lipinski definition) is 1. The monoisotopic (exact) mass is 364 g/mol. The molecule has 1 heterocycles. The van der Waals surface area contributed by atoms with Gasteiger partial charge in [0.05, 0.1) is 16.6 Å². The molecule has 2 nitrogen and oxygen atoms in total. The second kappa shape index (κ2) is 6.42. The molecule has 0 spiro atoms. The van der Waals surface area contributed by atoms with Crippen molar-refractivity contribution in [1.29, 1.82) is 0 Å². The molecule has 0 radical (unpaired) electrons. The van der Waals surface area contributed by atoms with Gasteiger partial charge in [-0.25, -0.2) is 4.99 Å². The minimum Gasteiger partial charge on any atom is -0.349 e. The maximum atomic E-state index is 5.94. The number of hydrogen-bond acceptors (Lipinski definition) is 2. The van der Waals surface area contributed by atoms with Crippen LogP contribution in [0.25, 0.3) is 0 Å². The van der Waals surface area contributed by atoms with Gasteiger partial charge in [0.25, 0.3) is 0 Å². The maximum Gasteiger partial charge on any atom is 0.194 e. The van der Waals surface area contributed by atoms with Gasteiger partial charge in [-0.3, -0.25) is 0 Å². The summed E-state index contributed by atoms with van der Waals surface area (Å²) in [5.41, 5.74) is 2.60. The quantitative estimate of drug-likeness (QED) is 0.775. The first-order valence-corrected chi connectivity index (χ1v) is 8.06. The molecule has 0 aromatic heterocycles. The number of rotatable bonds is 2. The van der Waals surface area contributed by atoms with Crippen molar-refractivity contribution in [3.8, 4) is 0 Å². The molecule has 1 aliphatic rings. The molecular weight excluding hydrogens is 355 g/mol. The Morgan fingerprint density at radius 2 is 1.41 bits per heavy atom. The lowest BCUT2D eigenvalue weighted by atomic mass is 9.96. The Morgan fingerprint density at radius 1 is 0.864 bits per heavy atom. The van der Waals surface area contributed by atoms with E-state index >= 15 is 0 Å². The van der Waals surface area contributed by atoms with E-state index < -0.39 is 0 Å². The average Bonchev–Trinajstić information content (AvgIpc) is 2.51. The molecular formula is C16H10Cl2N2S2. The number of halogens is 2. The van der Waals surface area contributed by atoms with Crippen molar-refractivity contribution in [3.63, 3.8) is 0 Å². The predicted molar refractivity (Wildman–Crippen MR) is 101 cm³/mol. The summed E-state index contributed by atoms with van der Waals surface area (Å²) in [7, 11) is 0. The summed E-state index contributed by atoms with van der Waals surface area (Å²) in [5, 5.41) is 4.91. The van der Waals surface area contributed by atoms with E-state index in [2.05, 4.69) is 10.3 Å². The Kier molecular flexibility index (Phi) is 4.54. The average molecular weight is 365 g/mol. The molecule has 0 saturated heterocycles. The van der Waals surface area contributed by atoms with Crippen LogP contribution >= 0.6 is 47.6 Å². The van der Waals surface area contributed by atoms with Crippen LogP contribution in [0, 0.1) is 0 Å². The Hall–Kier alpha value is -1.33. The van der Waals surface area contributed by atoms with Crippen molar-refractivity contribution in [2.45, 2.75) is 6.04 Å². The molecule has 0 aliphatic carbocycles. The van der Waals surface area contributed by atoms with E-state index in [-0.39, 0.29) is 6.04 Å². The van der Waals surface area contributed by atoms with E-state index in [9.17, 15) is 0 Å². The Morgan fingerprint density at radius 3 is 2.00 bits per heavy atom. The molecule has 22 heavy (non-hydrogen) atoms. The highest BCUT2D eigenvalue weighted by Crippen LogP contribution is 2.24. The van der Waals surface area contributed by atoms with Crippen LogP contribution in [-0.2, 0) is 0 Å². The highest BCUT2D eigenvalue weighted by Gasteiger charge is 2.27. The SMILES string of the molecule is S=C1N=C(c2ccc(Cl)cc2)C(=S)C(c2ccc(Cl)cc2)N1. The van der Waals surface area contributed by atoms with Gasteiger partial charge in [-0.15, -0.1) is 0 Å². The summed E-state index contributed by atoms with van der Waals surface area (Å²) in [4.78, 5) is 5.08. The second-order valence-corrected chi connectivity index (χ2v) is 6.47. The lowest BCUT2D eigenvalue weighted by Gasteiger charge is -2.26. The van der Waals surface area contributed by atoms with E-state index in [4.69, 9.17) is 47.6 Å². The summed E-state index contributed by atoms with van der Waals surface area (Å²) in [6.45, 7) is 0. The van der Waals surface area contributed by atoms with Crippen molar-refractivity contribution >= 4 is 63.3 Å². The minimum atomic E-state index is -0.192. The van der Waals surface area contributed by atoms with E-state index in [1.807, 2.05) is 48.5 Å². The van der Waals surface area contributed by atoms with Gasteiger partial charge in [0.2, 0.25) is 0 Å². The van der Waals surface area contributed by atoms with Gasteiger partial charge in [0.15, 0.2) is 5.11 Å². The highest BCUT2D eigenvalue weighted by atomic mass is 35.5. The zero-order chi connectivity index (χ0) is 15.7.